The highest BCUT2D eigenvalue weighted by molar-refractivity contribution is 6.09. The van der Waals surface area contributed by atoms with Crippen molar-refractivity contribution in [2.45, 2.75) is 59.3 Å². The summed E-state index contributed by atoms with van der Waals surface area (Å²) in [6.45, 7) is 11.6. The van der Waals surface area contributed by atoms with Gasteiger partial charge in [-0.05, 0) is 28.5 Å². The molecule has 6 heteroatoms. The first-order valence-electron chi connectivity index (χ1n) is 11.3. The Morgan fingerprint density at radius 1 is 1.03 bits per heavy atom. The third-order valence-corrected chi connectivity index (χ3v) is 6.44. The second-order valence-corrected chi connectivity index (χ2v) is 10.7. The van der Waals surface area contributed by atoms with Crippen molar-refractivity contribution in [3.63, 3.8) is 0 Å². The van der Waals surface area contributed by atoms with E-state index in [1.807, 2.05) is 27.7 Å². The van der Waals surface area contributed by atoms with Crippen LogP contribution in [0.5, 0.6) is 11.5 Å². The number of Topliss-reactive ketones (excluding diaryl/α,β-unsaturated/α-hetero) is 3. The molecule has 1 saturated carbocycles. The van der Waals surface area contributed by atoms with E-state index >= 15 is 0 Å². The molecule has 1 aromatic rings. The van der Waals surface area contributed by atoms with Crippen LogP contribution in [0.1, 0.15) is 64.9 Å². The second kappa shape index (κ2) is 9.16. The minimum Gasteiger partial charge on any atom is -0.512 e. The quantitative estimate of drug-likeness (QED) is 0.454. The molecule has 0 saturated heterocycles. The predicted octanol–water partition coefficient (Wildman–Crippen LogP) is 5.12. The van der Waals surface area contributed by atoms with E-state index in [1.54, 1.807) is 24.3 Å². The van der Waals surface area contributed by atoms with Gasteiger partial charge >= 0.3 is 0 Å². The number of ether oxygens (including phenoxy) is 2. The normalized spacial score (nSPS) is 21.7. The van der Waals surface area contributed by atoms with Crippen LogP contribution in [0, 0.1) is 16.7 Å². The van der Waals surface area contributed by atoms with Gasteiger partial charge in [0.25, 0.3) is 0 Å². The summed E-state index contributed by atoms with van der Waals surface area (Å²) >= 11 is 0. The number of carbonyl (C=O) groups excluding carboxylic acids is 3. The summed E-state index contributed by atoms with van der Waals surface area (Å²) in [5.74, 6) is -1.68. The molecule has 2 aliphatic rings. The standard InChI is InChI=1S/C27H34O6/c1-7-10-33-21-9-8-16(11-22(21)32-6)23(24-17(28)12-26(2,3)13-18(24)29)25-19(30)14-27(4,5)15-20(25)31/h7-9,11,23-24,30H,1,10,12-15H2,2-6H3/t23-/m1/s1. The highest BCUT2D eigenvalue weighted by Gasteiger charge is 2.48. The van der Waals surface area contributed by atoms with Crippen molar-refractivity contribution in [1.82, 2.24) is 0 Å². The molecule has 1 aromatic carbocycles. The maximum atomic E-state index is 13.3. The van der Waals surface area contributed by atoms with Gasteiger partial charge in [-0.15, -0.1) is 0 Å². The Labute approximate surface area is 195 Å². The van der Waals surface area contributed by atoms with Gasteiger partial charge in [0, 0.05) is 37.2 Å². The summed E-state index contributed by atoms with van der Waals surface area (Å²) in [5, 5.41) is 11.0. The van der Waals surface area contributed by atoms with Gasteiger partial charge in [0.15, 0.2) is 17.3 Å². The molecule has 6 nitrogen and oxygen atoms in total. The van der Waals surface area contributed by atoms with E-state index in [-0.39, 0.29) is 54.6 Å². The maximum absolute atomic E-state index is 13.3. The van der Waals surface area contributed by atoms with Gasteiger partial charge in [-0.25, -0.2) is 0 Å². The molecule has 3 rings (SSSR count). The Hall–Kier alpha value is -2.89. The Kier molecular flexibility index (Phi) is 6.87. The van der Waals surface area contributed by atoms with Crippen molar-refractivity contribution in [3.8, 4) is 11.5 Å². The van der Waals surface area contributed by atoms with Gasteiger partial charge in [0.05, 0.1) is 13.0 Å². The summed E-state index contributed by atoms with van der Waals surface area (Å²) < 4.78 is 11.1. The minimum absolute atomic E-state index is 0.0439. The first-order valence-corrected chi connectivity index (χ1v) is 11.3. The molecule has 33 heavy (non-hydrogen) atoms. The van der Waals surface area contributed by atoms with Crippen LogP contribution in [0.3, 0.4) is 0 Å². The van der Waals surface area contributed by atoms with Crippen molar-refractivity contribution in [2.75, 3.05) is 13.7 Å². The van der Waals surface area contributed by atoms with E-state index in [0.29, 0.717) is 23.5 Å². The average Bonchev–Trinajstić information content (AvgIpc) is 2.68. The number of aliphatic hydroxyl groups is 1. The van der Waals surface area contributed by atoms with Gasteiger partial charge in [0.2, 0.25) is 0 Å². The molecule has 0 aromatic heterocycles. The fourth-order valence-electron chi connectivity index (χ4n) is 5.10. The summed E-state index contributed by atoms with van der Waals surface area (Å²) in [6, 6.07) is 5.12. The molecule has 0 unspecified atom stereocenters. The van der Waals surface area contributed by atoms with Crippen molar-refractivity contribution >= 4 is 17.3 Å². The summed E-state index contributed by atoms with van der Waals surface area (Å²) in [5.41, 5.74) is -0.0799. The minimum atomic E-state index is -1.02. The lowest BCUT2D eigenvalue weighted by atomic mass is 9.62. The van der Waals surface area contributed by atoms with Crippen LogP contribution in [0.2, 0.25) is 0 Å². The number of carbonyl (C=O) groups is 3. The van der Waals surface area contributed by atoms with Crippen LogP contribution in [0.15, 0.2) is 42.2 Å². The summed E-state index contributed by atoms with van der Waals surface area (Å²) in [4.78, 5) is 39.8. The topological polar surface area (TPSA) is 89.9 Å². The van der Waals surface area contributed by atoms with Crippen molar-refractivity contribution in [3.05, 3.63) is 47.7 Å². The molecule has 0 aliphatic heterocycles. The predicted molar refractivity (Wildman–Crippen MR) is 126 cm³/mol. The zero-order valence-corrected chi connectivity index (χ0v) is 20.2. The van der Waals surface area contributed by atoms with E-state index in [2.05, 4.69) is 6.58 Å². The third kappa shape index (κ3) is 5.21. The molecule has 178 valence electrons. The number of methoxy groups -OCH3 is 1. The van der Waals surface area contributed by atoms with Crippen molar-refractivity contribution in [1.29, 1.82) is 0 Å². The fourth-order valence-corrected chi connectivity index (χ4v) is 5.10. The highest BCUT2D eigenvalue weighted by Crippen LogP contribution is 2.48. The number of hydrogen-bond acceptors (Lipinski definition) is 6. The van der Waals surface area contributed by atoms with Gasteiger partial charge < -0.3 is 14.6 Å². The number of ketones is 3. The molecule has 1 N–H and O–H groups in total. The van der Waals surface area contributed by atoms with E-state index in [1.165, 1.54) is 7.11 Å². The van der Waals surface area contributed by atoms with E-state index < -0.39 is 22.7 Å². The van der Waals surface area contributed by atoms with Crippen LogP contribution < -0.4 is 9.47 Å². The molecular weight excluding hydrogens is 420 g/mol. The van der Waals surface area contributed by atoms with Gasteiger partial charge in [-0.3, -0.25) is 14.4 Å². The molecule has 0 amide bonds. The first kappa shape index (κ1) is 24.7. The molecule has 0 radical (unpaired) electrons. The van der Waals surface area contributed by atoms with E-state index in [0.717, 1.165) is 0 Å². The number of aliphatic hydroxyl groups excluding tert-OH is 1. The highest BCUT2D eigenvalue weighted by atomic mass is 16.5. The van der Waals surface area contributed by atoms with E-state index in [4.69, 9.17) is 9.47 Å². The monoisotopic (exact) mass is 454 g/mol. The van der Waals surface area contributed by atoms with Gasteiger partial charge in [0.1, 0.15) is 23.9 Å². The first-order chi connectivity index (χ1) is 15.4. The Balaban J connectivity index is 2.17. The number of hydrogen-bond donors (Lipinski definition) is 1. The lowest BCUT2D eigenvalue weighted by Gasteiger charge is -2.39. The zero-order chi connectivity index (χ0) is 24.6. The second-order valence-electron chi connectivity index (χ2n) is 10.7. The molecule has 1 atom stereocenters. The fraction of sp³-hybridized carbons (Fsp3) is 0.519. The van der Waals surface area contributed by atoms with Crippen molar-refractivity contribution < 1.29 is 29.0 Å². The lowest BCUT2D eigenvalue weighted by Crippen LogP contribution is -2.43. The van der Waals surface area contributed by atoms with Crippen LogP contribution in [0.25, 0.3) is 0 Å². The lowest BCUT2D eigenvalue weighted by molar-refractivity contribution is -0.140. The van der Waals surface area contributed by atoms with Crippen molar-refractivity contribution in [2.24, 2.45) is 16.7 Å². The van der Waals surface area contributed by atoms with Crippen LogP contribution in [0.4, 0.5) is 0 Å². The van der Waals surface area contributed by atoms with Gasteiger partial charge in [-0.1, -0.05) is 46.4 Å². The number of allylic oxidation sites excluding steroid dienone is 2. The maximum Gasteiger partial charge on any atom is 0.163 e. The Bertz CT molecular complexity index is 993. The van der Waals surface area contributed by atoms with E-state index in [9.17, 15) is 19.5 Å². The molecule has 0 bridgehead atoms. The van der Waals surface area contributed by atoms with Gasteiger partial charge in [-0.2, -0.15) is 0 Å². The van der Waals surface area contributed by atoms with Crippen LogP contribution in [-0.2, 0) is 14.4 Å². The molecule has 2 aliphatic carbocycles. The Morgan fingerprint density at radius 3 is 2.18 bits per heavy atom. The van der Waals surface area contributed by atoms with Crippen LogP contribution in [-0.4, -0.2) is 36.2 Å². The zero-order valence-electron chi connectivity index (χ0n) is 20.2. The summed E-state index contributed by atoms with van der Waals surface area (Å²) in [6.07, 6.45) is 2.64. The number of rotatable bonds is 7. The molecule has 1 fully saturated rings. The Morgan fingerprint density at radius 2 is 1.64 bits per heavy atom. The smallest absolute Gasteiger partial charge is 0.163 e. The molecular formula is C27H34O6. The summed E-state index contributed by atoms with van der Waals surface area (Å²) in [7, 11) is 1.50. The number of benzene rings is 1. The SMILES string of the molecule is C=CCOc1ccc([C@@H](C2=C(O)CC(C)(C)CC2=O)C2C(=O)CC(C)(C)CC2=O)cc1OC. The average molecular weight is 455 g/mol. The third-order valence-electron chi connectivity index (χ3n) is 6.44. The molecule has 0 heterocycles. The van der Waals surface area contributed by atoms with Crippen LogP contribution >= 0.6 is 0 Å². The molecule has 0 spiro atoms. The largest absolute Gasteiger partial charge is 0.512 e.